The standard InChI is InChI=1S/C22H29N3O4.ClH/c1-4-27-19-12-17(13-20(28-5-2)21(19)29-6-3)22(26)25-11-10-24-15-18(25)16-8-7-9-23-14-16;/h7-9,12-14,18,24H,4-6,10-11,15H2,1-3H3;1H. The summed E-state index contributed by atoms with van der Waals surface area (Å²) in [5.74, 6) is 1.52. The number of pyridine rings is 1. The number of carbonyl (C=O) groups excluding carboxylic acids is 1. The Morgan fingerprint density at radius 3 is 2.37 bits per heavy atom. The number of hydrogen-bond donors (Lipinski definition) is 1. The van der Waals surface area contributed by atoms with E-state index in [1.165, 1.54) is 0 Å². The third-order valence-electron chi connectivity index (χ3n) is 4.73. The molecule has 0 saturated carbocycles. The Labute approximate surface area is 184 Å². The van der Waals surface area contributed by atoms with Gasteiger partial charge < -0.3 is 24.4 Å². The van der Waals surface area contributed by atoms with Gasteiger partial charge in [0, 0.05) is 37.6 Å². The molecule has 164 valence electrons. The number of nitrogens with one attached hydrogen (secondary N) is 1. The number of amides is 1. The van der Waals surface area contributed by atoms with Crippen molar-refractivity contribution in [1.82, 2.24) is 15.2 Å². The van der Waals surface area contributed by atoms with Crippen LogP contribution in [0.3, 0.4) is 0 Å². The average molecular weight is 436 g/mol. The van der Waals surface area contributed by atoms with Gasteiger partial charge in [0.2, 0.25) is 5.75 Å². The normalized spacial score (nSPS) is 15.8. The minimum atomic E-state index is -0.0809. The largest absolute Gasteiger partial charge is 0.490 e. The zero-order valence-corrected chi connectivity index (χ0v) is 18.5. The second-order valence-electron chi connectivity index (χ2n) is 6.61. The van der Waals surface area contributed by atoms with Crippen LogP contribution in [0.5, 0.6) is 17.2 Å². The van der Waals surface area contributed by atoms with Crippen molar-refractivity contribution in [2.75, 3.05) is 39.5 Å². The average Bonchev–Trinajstić information content (AvgIpc) is 2.76. The predicted molar refractivity (Wildman–Crippen MR) is 118 cm³/mol. The molecule has 7 nitrogen and oxygen atoms in total. The van der Waals surface area contributed by atoms with Gasteiger partial charge in [-0.3, -0.25) is 9.78 Å². The van der Waals surface area contributed by atoms with Gasteiger partial charge in [-0.1, -0.05) is 6.07 Å². The van der Waals surface area contributed by atoms with Crippen LogP contribution in [0.2, 0.25) is 0 Å². The van der Waals surface area contributed by atoms with Gasteiger partial charge in [0.05, 0.1) is 25.9 Å². The number of piperazine rings is 1. The van der Waals surface area contributed by atoms with E-state index in [0.717, 1.165) is 12.1 Å². The number of rotatable bonds is 8. The van der Waals surface area contributed by atoms with E-state index >= 15 is 0 Å². The van der Waals surface area contributed by atoms with Crippen molar-refractivity contribution in [2.24, 2.45) is 0 Å². The van der Waals surface area contributed by atoms with E-state index in [0.29, 0.717) is 55.7 Å². The molecule has 1 aliphatic rings. The maximum absolute atomic E-state index is 13.5. The summed E-state index contributed by atoms with van der Waals surface area (Å²) in [4.78, 5) is 19.6. The van der Waals surface area contributed by atoms with E-state index < -0.39 is 0 Å². The second-order valence-corrected chi connectivity index (χ2v) is 6.61. The van der Waals surface area contributed by atoms with Crippen LogP contribution in [0.15, 0.2) is 36.7 Å². The minimum Gasteiger partial charge on any atom is -0.490 e. The number of benzene rings is 1. The molecule has 1 fully saturated rings. The molecule has 30 heavy (non-hydrogen) atoms. The fourth-order valence-corrected chi connectivity index (χ4v) is 3.50. The van der Waals surface area contributed by atoms with Gasteiger partial charge in [0.1, 0.15) is 0 Å². The summed E-state index contributed by atoms with van der Waals surface area (Å²) < 4.78 is 17.3. The lowest BCUT2D eigenvalue weighted by Crippen LogP contribution is -2.48. The van der Waals surface area contributed by atoms with E-state index in [1.54, 1.807) is 18.3 Å². The lowest BCUT2D eigenvalue weighted by atomic mass is 10.0. The first-order chi connectivity index (χ1) is 14.2. The number of carbonyl (C=O) groups is 1. The quantitative estimate of drug-likeness (QED) is 0.684. The van der Waals surface area contributed by atoms with Crippen LogP contribution in [-0.4, -0.2) is 55.2 Å². The summed E-state index contributed by atoms with van der Waals surface area (Å²) in [6, 6.07) is 7.32. The highest BCUT2D eigenvalue weighted by Crippen LogP contribution is 2.40. The molecule has 1 atom stereocenters. The van der Waals surface area contributed by atoms with Crippen molar-refractivity contribution >= 4 is 18.3 Å². The number of nitrogens with zero attached hydrogens (tertiary/aromatic N) is 2. The molecule has 0 aliphatic carbocycles. The predicted octanol–water partition coefficient (Wildman–Crippen LogP) is 3.49. The minimum absolute atomic E-state index is 0. The smallest absolute Gasteiger partial charge is 0.254 e. The fourth-order valence-electron chi connectivity index (χ4n) is 3.50. The summed E-state index contributed by atoms with van der Waals surface area (Å²) in [5.41, 5.74) is 1.53. The molecule has 8 heteroatoms. The molecule has 1 amide bonds. The third-order valence-corrected chi connectivity index (χ3v) is 4.73. The summed E-state index contributed by atoms with van der Waals surface area (Å²) in [5, 5.41) is 3.37. The third kappa shape index (κ3) is 5.34. The number of halogens is 1. The molecular weight excluding hydrogens is 406 g/mol. The lowest BCUT2D eigenvalue weighted by Gasteiger charge is -2.36. The zero-order chi connectivity index (χ0) is 20.6. The highest BCUT2D eigenvalue weighted by Gasteiger charge is 2.30. The second kappa shape index (κ2) is 11.6. The van der Waals surface area contributed by atoms with Gasteiger partial charge in [0.25, 0.3) is 5.91 Å². The topological polar surface area (TPSA) is 72.9 Å². The van der Waals surface area contributed by atoms with E-state index in [2.05, 4.69) is 10.3 Å². The van der Waals surface area contributed by atoms with Gasteiger partial charge in [-0.05, 0) is 44.5 Å². The van der Waals surface area contributed by atoms with Crippen LogP contribution in [0.4, 0.5) is 0 Å². The summed E-state index contributed by atoms with van der Waals surface area (Å²) in [7, 11) is 0. The van der Waals surface area contributed by atoms with Crippen molar-refractivity contribution in [3.05, 3.63) is 47.8 Å². The molecule has 1 aromatic carbocycles. The molecule has 1 aromatic heterocycles. The Hall–Kier alpha value is -2.51. The number of aromatic nitrogens is 1. The highest BCUT2D eigenvalue weighted by molar-refractivity contribution is 5.96. The highest BCUT2D eigenvalue weighted by atomic mass is 35.5. The van der Waals surface area contributed by atoms with Crippen LogP contribution in [0, 0.1) is 0 Å². The molecule has 0 bridgehead atoms. The molecule has 3 rings (SSSR count). The van der Waals surface area contributed by atoms with E-state index in [4.69, 9.17) is 14.2 Å². The number of ether oxygens (including phenoxy) is 3. The van der Waals surface area contributed by atoms with Gasteiger partial charge >= 0.3 is 0 Å². The van der Waals surface area contributed by atoms with Crippen LogP contribution in [-0.2, 0) is 0 Å². The Morgan fingerprint density at radius 1 is 1.13 bits per heavy atom. The Bertz CT molecular complexity index is 792. The lowest BCUT2D eigenvalue weighted by molar-refractivity contribution is 0.0633. The zero-order valence-electron chi connectivity index (χ0n) is 17.7. The van der Waals surface area contributed by atoms with Gasteiger partial charge in [-0.15, -0.1) is 12.4 Å². The molecule has 1 saturated heterocycles. The van der Waals surface area contributed by atoms with Crippen LogP contribution >= 0.6 is 12.4 Å². The molecule has 2 aromatic rings. The van der Waals surface area contributed by atoms with E-state index in [-0.39, 0.29) is 24.4 Å². The number of hydrogen-bond acceptors (Lipinski definition) is 6. The van der Waals surface area contributed by atoms with Gasteiger partial charge in [-0.2, -0.15) is 0 Å². The fraction of sp³-hybridized carbons (Fsp3) is 0.455. The first-order valence-corrected chi connectivity index (χ1v) is 10.2. The molecule has 2 heterocycles. The van der Waals surface area contributed by atoms with Crippen molar-refractivity contribution in [1.29, 1.82) is 0 Å². The van der Waals surface area contributed by atoms with Crippen molar-refractivity contribution in [3.8, 4) is 17.2 Å². The molecule has 0 spiro atoms. The first kappa shape index (κ1) is 23.8. The monoisotopic (exact) mass is 435 g/mol. The van der Waals surface area contributed by atoms with Gasteiger partial charge in [-0.25, -0.2) is 0 Å². The van der Waals surface area contributed by atoms with Crippen molar-refractivity contribution in [2.45, 2.75) is 26.8 Å². The van der Waals surface area contributed by atoms with Crippen LogP contribution < -0.4 is 19.5 Å². The molecular formula is C22H30ClN3O4. The Morgan fingerprint density at radius 2 is 1.80 bits per heavy atom. The Kier molecular flexibility index (Phi) is 9.20. The Balaban J connectivity index is 0.00000320. The van der Waals surface area contributed by atoms with Crippen molar-refractivity contribution in [3.63, 3.8) is 0 Å². The van der Waals surface area contributed by atoms with E-state index in [1.807, 2.05) is 44.0 Å². The SMILES string of the molecule is CCOc1cc(C(=O)N2CCNCC2c2cccnc2)cc(OCC)c1OCC.Cl. The van der Waals surface area contributed by atoms with E-state index in [9.17, 15) is 4.79 Å². The molecule has 1 unspecified atom stereocenters. The van der Waals surface area contributed by atoms with Crippen LogP contribution in [0.25, 0.3) is 0 Å². The first-order valence-electron chi connectivity index (χ1n) is 10.2. The molecule has 1 N–H and O–H groups in total. The summed E-state index contributed by atoms with van der Waals surface area (Å²) >= 11 is 0. The van der Waals surface area contributed by atoms with Crippen molar-refractivity contribution < 1.29 is 19.0 Å². The van der Waals surface area contributed by atoms with Crippen LogP contribution in [0.1, 0.15) is 42.7 Å². The summed E-state index contributed by atoms with van der Waals surface area (Å²) in [6.45, 7) is 9.17. The maximum Gasteiger partial charge on any atom is 0.254 e. The van der Waals surface area contributed by atoms with Gasteiger partial charge in [0.15, 0.2) is 11.5 Å². The molecule has 0 radical (unpaired) electrons. The summed E-state index contributed by atoms with van der Waals surface area (Å²) in [6.07, 6.45) is 3.55. The maximum atomic E-state index is 13.5. The molecule has 1 aliphatic heterocycles.